The zero-order valence-electron chi connectivity index (χ0n) is 8.12. The predicted octanol–water partition coefficient (Wildman–Crippen LogP) is -0.262. The molecule has 80 valence electrons. The minimum Gasteiger partial charge on any atom is -0.481 e. The second-order valence-corrected chi connectivity index (χ2v) is 3.84. The summed E-state index contributed by atoms with van der Waals surface area (Å²) in [7, 11) is 0. The minimum atomic E-state index is -1.14. The van der Waals surface area contributed by atoms with E-state index in [1.807, 2.05) is 0 Å². The van der Waals surface area contributed by atoms with Gasteiger partial charge in [-0.25, -0.2) is 0 Å². The molecule has 3 N–H and O–H groups in total. The van der Waals surface area contributed by atoms with E-state index in [2.05, 4.69) is 5.32 Å². The van der Waals surface area contributed by atoms with Crippen LogP contribution in [-0.4, -0.2) is 34.2 Å². The normalized spacial score (nSPS) is 20.7. The van der Waals surface area contributed by atoms with E-state index in [0.29, 0.717) is 0 Å². The third-order valence-electron chi connectivity index (χ3n) is 2.77. The van der Waals surface area contributed by atoms with Crippen molar-refractivity contribution in [1.82, 2.24) is 5.32 Å². The molecule has 1 rings (SSSR count). The highest BCUT2D eigenvalue weighted by atomic mass is 16.4. The zero-order chi connectivity index (χ0) is 10.8. The molecular weight excluding hydrogens is 186 g/mol. The standard InChI is InChI=1S/C9H15NO4/c1-6(8(13)14)7(12)10-9(5-11)3-2-4-9/h6,11H,2-5H2,1H3,(H,10,12)(H,13,14). The van der Waals surface area contributed by atoms with Crippen LogP contribution in [0, 0.1) is 5.92 Å². The molecule has 14 heavy (non-hydrogen) atoms. The molecule has 1 aliphatic rings. The first-order chi connectivity index (χ1) is 6.51. The molecular formula is C9H15NO4. The highest BCUT2D eigenvalue weighted by molar-refractivity contribution is 5.96. The third-order valence-corrected chi connectivity index (χ3v) is 2.77. The van der Waals surface area contributed by atoms with Gasteiger partial charge in [0.1, 0.15) is 5.92 Å². The van der Waals surface area contributed by atoms with Gasteiger partial charge in [0, 0.05) is 0 Å². The van der Waals surface area contributed by atoms with Crippen LogP contribution in [0.15, 0.2) is 0 Å². The van der Waals surface area contributed by atoms with Crippen molar-refractivity contribution in [2.45, 2.75) is 31.7 Å². The maximum absolute atomic E-state index is 11.3. The predicted molar refractivity (Wildman–Crippen MR) is 48.6 cm³/mol. The molecule has 0 bridgehead atoms. The van der Waals surface area contributed by atoms with Gasteiger partial charge in [0.2, 0.25) is 5.91 Å². The van der Waals surface area contributed by atoms with Crippen molar-refractivity contribution in [3.63, 3.8) is 0 Å². The van der Waals surface area contributed by atoms with E-state index in [9.17, 15) is 9.59 Å². The molecule has 1 fully saturated rings. The molecule has 1 saturated carbocycles. The maximum Gasteiger partial charge on any atom is 0.315 e. The molecule has 1 amide bonds. The lowest BCUT2D eigenvalue weighted by molar-refractivity contribution is -0.147. The maximum atomic E-state index is 11.3. The molecule has 1 atom stereocenters. The number of nitrogens with one attached hydrogen (secondary N) is 1. The smallest absolute Gasteiger partial charge is 0.315 e. The zero-order valence-corrected chi connectivity index (χ0v) is 8.12. The van der Waals surface area contributed by atoms with Crippen LogP contribution < -0.4 is 5.32 Å². The Balaban J connectivity index is 2.51. The average molecular weight is 201 g/mol. The van der Waals surface area contributed by atoms with E-state index in [4.69, 9.17) is 10.2 Å². The van der Waals surface area contributed by atoms with E-state index >= 15 is 0 Å². The van der Waals surface area contributed by atoms with Gasteiger partial charge >= 0.3 is 5.97 Å². The van der Waals surface area contributed by atoms with Gasteiger partial charge in [-0.3, -0.25) is 9.59 Å². The van der Waals surface area contributed by atoms with Gasteiger partial charge in [0.25, 0.3) is 0 Å². The second kappa shape index (κ2) is 3.96. The molecule has 1 aliphatic carbocycles. The Morgan fingerprint density at radius 1 is 1.50 bits per heavy atom. The van der Waals surface area contributed by atoms with Crippen LogP contribution in [0.5, 0.6) is 0 Å². The summed E-state index contributed by atoms with van der Waals surface area (Å²) in [4.78, 5) is 21.8. The summed E-state index contributed by atoms with van der Waals surface area (Å²) in [6, 6.07) is 0. The summed E-state index contributed by atoms with van der Waals surface area (Å²) in [6.45, 7) is 1.21. The lowest BCUT2D eigenvalue weighted by atomic mass is 9.77. The summed E-state index contributed by atoms with van der Waals surface area (Å²) in [5.41, 5.74) is -0.555. The number of amides is 1. The summed E-state index contributed by atoms with van der Waals surface area (Å²) >= 11 is 0. The van der Waals surface area contributed by atoms with Crippen LogP contribution in [0.1, 0.15) is 26.2 Å². The number of hydrogen-bond donors (Lipinski definition) is 3. The lowest BCUT2D eigenvalue weighted by Gasteiger charge is -2.41. The van der Waals surface area contributed by atoms with E-state index in [1.165, 1.54) is 6.92 Å². The van der Waals surface area contributed by atoms with Crippen molar-refractivity contribution in [3.05, 3.63) is 0 Å². The molecule has 0 heterocycles. The number of carboxylic acid groups (broad SMARTS) is 1. The Bertz CT molecular complexity index is 242. The number of carbonyl (C=O) groups excluding carboxylic acids is 1. The van der Waals surface area contributed by atoms with Crippen LogP contribution in [0.3, 0.4) is 0 Å². The SMILES string of the molecule is CC(C(=O)O)C(=O)NC1(CO)CCC1. The Morgan fingerprint density at radius 2 is 2.07 bits per heavy atom. The van der Waals surface area contributed by atoms with Crippen LogP contribution in [0.4, 0.5) is 0 Å². The largest absolute Gasteiger partial charge is 0.481 e. The molecule has 0 aromatic rings. The number of aliphatic hydroxyl groups is 1. The first-order valence-corrected chi connectivity index (χ1v) is 4.66. The van der Waals surface area contributed by atoms with E-state index in [1.54, 1.807) is 0 Å². The van der Waals surface area contributed by atoms with Crippen molar-refractivity contribution in [2.24, 2.45) is 5.92 Å². The van der Waals surface area contributed by atoms with Gasteiger partial charge in [0.15, 0.2) is 0 Å². The number of hydrogen-bond acceptors (Lipinski definition) is 3. The van der Waals surface area contributed by atoms with Crippen molar-refractivity contribution in [2.75, 3.05) is 6.61 Å². The molecule has 5 heteroatoms. The molecule has 0 aromatic heterocycles. The van der Waals surface area contributed by atoms with Gasteiger partial charge in [-0.2, -0.15) is 0 Å². The van der Waals surface area contributed by atoms with Gasteiger partial charge in [-0.15, -0.1) is 0 Å². The van der Waals surface area contributed by atoms with Crippen LogP contribution >= 0.6 is 0 Å². The highest BCUT2D eigenvalue weighted by Gasteiger charge is 2.39. The van der Waals surface area contributed by atoms with Gasteiger partial charge in [0.05, 0.1) is 12.1 Å². The van der Waals surface area contributed by atoms with Gasteiger partial charge in [-0.05, 0) is 26.2 Å². The van der Waals surface area contributed by atoms with Crippen molar-refractivity contribution in [1.29, 1.82) is 0 Å². The van der Waals surface area contributed by atoms with E-state index in [0.717, 1.165) is 19.3 Å². The van der Waals surface area contributed by atoms with E-state index < -0.39 is 23.3 Å². The fraction of sp³-hybridized carbons (Fsp3) is 0.778. The minimum absolute atomic E-state index is 0.120. The average Bonchev–Trinajstić information content (AvgIpc) is 2.09. The number of rotatable bonds is 4. The number of aliphatic carboxylic acids is 1. The number of carboxylic acids is 1. The Kier molecular flexibility index (Phi) is 3.10. The Hall–Kier alpha value is -1.10. The first kappa shape index (κ1) is 11.0. The fourth-order valence-corrected chi connectivity index (χ4v) is 1.41. The van der Waals surface area contributed by atoms with E-state index in [-0.39, 0.29) is 6.61 Å². The van der Waals surface area contributed by atoms with Gasteiger partial charge in [-0.1, -0.05) is 0 Å². The monoisotopic (exact) mass is 201 g/mol. The summed E-state index contributed by atoms with van der Waals surface area (Å²) < 4.78 is 0. The molecule has 0 aliphatic heterocycles. The summed E-state index contributed by atoms with van der Waals surface area (Å²) in [5, 5.41) is 20.2. The Labute approximate surface area is 82.1 Å². The van der Waals surface area contributed by atoms with Crippen molar-refractivity contribution >= 4 is 11.9 Å². The van der Waals surface area contributed by atoms with Crippen LogP contribution in [0.2, 0.25) is 0 Å². The quantitative estimate of drug-likeness (QED) is 0.547. The summed E-state index contributed by atoms with van der Waals surface area (Å²) in [5.74, 6) is -2.72. The fourth-order valence-electron chi connectivity index (χ4n) is 1.41. The molecule has 0 radical (unpaired) electrons. The third kappa shape index (κ3) is 2.04. The topological polar surface area (TPSA) is 86.6 Å². The molecule has 1 unspecified atom stereocenters. The van der Waals surface area contributed by atoms with Crippen LogP contribution in [0.25, 0.3) is 0 Å². The number of carbonyl (C=O) groups is 2. The molecule has 5 nitrogen and oxygen atoms in total. The molecule has 0 saturated heterocycles. The molecule has 0 spiro atoms. The summed E-state index contributed by atoms with van der Waals surface area (Å²) in [6.07, 6.45) is 2.41. The van der Waals surface area contributed by atoms with Crippen LogP contribution in [-0.2, 0) is 9.59 Å². The van der Waals surface area contributed by atoms with Crippen molar-refractivity contribution in [3.8, 4) is 0 Å². The first-order valence-electron chi connectivity index (χ1n) is 4.66. The Morgan fingerprint density at radius 3 is 2.36 bits per heavy atom. The lowest BCUT2D eigenvalue weighted by Crippen LogP contribution is -2.57. The van der Waals surface area contributed by atoms with Crippen molar-refractivity contribution < 1.29 is 19.8 Å². The number of aliphatic hydroxyl groups excluding tert-OH is 1. The highest BCUT2D eigenvalue weighted by Crippen LogP contribution is 2.31. The van der Waals surface area contributed by atoms with Gasteiger partial charge < -0.3 is 15.5 Å². The molecule has 0 aromatic carbocycles. The second-order valence-electron chi connectivity index (χ2n) is 3.84.